The normalized spacial score (nSPS) is 17.6. The van der Waals surface area contributed by atoms with E-state index in [0.29, 0.717) is 31.2 Å². The van der Waals surface area contributed by atoms with Crippen molar-refractivity contribution in [1.82, 2.24) is 20.2 Å². The van der Waals surface area contributed by atoms with E-state index in [1.54, 1.807) is 30.6 Å². The molecule has 1 fully saturated rings. The Bertz CT molecular complexity index is 797. The van der Waals surface area contributed by atoms with Crippen LogP contribution < -0.4 is 10.1 Å². The van der Waals surface area contributed by atoms with E-state index in [9.17, 15) is 9.59 Å². The van der Waals surface area contributed by atoms with E-state index in [1.165, 1.54) is 0 Å². The van der Waals surface area contributed by atoms with E-state index in [-0.39, 0.29) is 11.9 Å². The summed E-state index contributed by atoms with van der Waals surface area (Å²) < 4.78 is 5.43. The molecule has 0 bridgehead atoms. The predicted octanol–water partition coefficient (Wildman–Crippen LogP) is 0.927. The molecular weight excluding hydrogens is 336 g/mol. The van der Waals surface area contributed by atoms with Gasteiger partial charge < -0.3 is 15.2 Å². The molecule has 8 nitrogen and oxygen atoms in total. The van der Waals surface area contributed by atoms with Crippen molar-refractivity contribution in [2.24, 2.45) is 0 Å². The van der Waals surface area contributed by atoms with E-state index in [2.05, 4.69) is 15.3 Å². The fourth-order valence-corrected chi connectivity index (χ4v) is 2.84. The quantitative estimate of drug-likeness (QED) is 0.793. The number of carboxylic acid groups (broad SMARTS) is 1. The number of rotatable bonds is 6. The van der Waals surface area contributed by atoms with Crippen molar-refractivity contribution in [3.63, 3.8) is 0 Å². The molecular formula is C18H20N4O4. The van der Waals surface area contributed by atoms with Crippen LogP contribution in [0.15, 0.2) is 36.7 Å². The van der Waals surface area contributed by atoms with Crippen molar-refractivity contribution in [3.8, 4) is 17.1 Å². The lowest BCUT2D eigenvalue weighted by Gasteiger charge is -2.33. The average molecular weight is 356 g/mol. The zero-order chi connectivity index (χ0) is 18.5. The predicted molar refractivity (Wildman–Crippen MR) is 93.5 cm³/mol. The first-order valence-corrected chi connectivity index (χ1v) is 8.31. The molecule has 2 heterocycles. The van der Waals surface area contributed by atoms with Gasteiger partial charge in [0.15, 0.2) is 12.4 Å². The van der Waals surface area contributed by atoms with Crippen molar-refractivity contribution >= 4 is 11.9 Å². The number of nitrogens with one attached hydrogen (secondary N) is 1. The molecule has 26 heavy (non-hydrogen) atoms. The number of carbonyl (C=O) groups excluding carboxylic acids is 1. The van der Waals surface area contributed by atoms with Crippen LogP contribution in [0.4, 0.5) is 0 Å². The van der Waals surface area contributed by atoms with E-state index in [4.69, 9.17) is 9.84 Å². The van der Waals surface area contributed by atoms with Gasteiger partial charge in [-0.25, -0.2) is 14.8 Å². The van der Waals surface area contributed by atoms with Crippen LogP contribution in [-0.2, 0) is 16.1 Å². The summed E-state index contributed by atoms with van der Waals surface area (Å²) in [6.07, 6.45) is 3.32. The second-order valence-electron chi connectivity index (χ2n) is 6.01. The van der Waals surface area contributed by atoms with Crippen LogP contribution in [0.25, 0.3) is 11.4 Å². The smallest absolute Gasteiger partial charge is 0.341 e. The largest absolute Gasteiger partial charge is 0.482 e. The minimum atomic E-state index is -1.04. The Morgan fingerprint density at radius 3 is 2.88 bits per heavy atom. The molecule has 0 unspecified atom stereocenters. The third kappa shape index (κ3) is 4.15. The summed E-state index contributed by atoms with van der Waals surface area (Å²) in [5.74, 6) is -0.0165. The van der Waals surface area contributed by atoms with E-state index >= 15 is 0 Å². The number of aliphatic carboxylic acids is 1. The van der Waals surface area contributed by atoms with Gasteiger partial charge in [-0.3, -0.25) is 9.69 Å². The number of hydrogen-bond acceptors (Lipinski definition) is 6. The first-order chi connectivity index (χ1) is 12.5. The highest BCUT2D eigenvalue weighted by molar-refractivity contribution is 5.82. The maximum Gasteiger partial charge on any atom is 0.341 e. The van der Waals surface area contributed by atoms with E-state index in [1.807, 2.05) is 17.9 Å². The summed E-state index contributed by atoms with van der Waals surface area (Å²) in [7, 11) is 0. The summed E-state index contributed by atoms with van der Waals surface area (Å²) in [4.78, 5) is 33.3. The Labute approximate surface area is 150 Å². The van der Waals surface area contributed by atoms with Gasteiger partial charge in [-0.2, -0.15) is 0 Å². The maximum atomic E-state index is 11.9. The molecule has 136 valence electrons. The van der Waals surface area contributed by atoms with Gasteiger partial charge in [-0.15, -0.1) is 0 Å². The molecule has 3 rings (SSSR count). The number of aromatic nitrogens is 2. The molecule has 1 aliphatic heterocycles. The van der Waals surface area contributed by atoms with E-state index < -0.39 is 12.6 Å². The zero-order valence-electron chi connectivity index (χ0n) is 14.4. The van der Waals surface area contributed by atoms with E-state index in [0.717, 1.165) is 11.1 Å². The Morgan fingerprint density at radius 1 is 1.38 bits per heavy atom. The first-order valence-electron chi connectivity index (χ1n) is 8.31. The van der Waals surface area contributed by atoms with Crippen LogP contribution in [0, 0.1) is 0 Å². The molecule has 0 aliphatic carbocycles. The molecule has 1 saturated heterocycles. The SMILES string of the molecule is C[C@H]1C(=O)NCCN1Cc1cc(-c2ncccn2)ccc1OCC(=O)O. The van der Waals surface area contributed by atoms with Gasteiger partial charge in [0.25, 0.3) is 0 Å². The lowest BCUT2D eigenvalue weighted by molar-refractivity contribution is -0.139. The number of carbonyl (C=O) groups is 2. The van der Waals surface area contributed by atoms with Crippen LogP contribution in [-0.4, -0.2) is 57.6 Å². The van der Waals surface area contributed by atoms with Crippen molar-refractivity contribution in [1.29, 1.82) is 0 Å². The van der Waals surface area contributed by atoms with Crippen LogP contribution in [0.5, 0.6) is 5.75 Å². The van der Waals surface area contributed by atoms with Gasteiger partial charge in [0, 0.05) is 43.2 Å². The van der Waals surface area contributed by atoms with Crippen molar-refractivity contribution < 1.29 is 19.4 Å². The number of ether oxygens (including phenoxy) is 1. The highest BCUT2D eigenvalue weighted by Crippen LogP contribution is 2.27. The molecule has 2 N–H and O–H groups in total. The van der Waals surface area contributed by atoms with Crippen LogP contribution in [0.3, 0.4) is 0 Å². The molecule has 1 aromatic heterocycles. The standard InChI is InChI=1S/C18H20N4O4/c1-12-18(25)21-7-8-22(12)10-14-9-13(17-19-5-2-6-20-17)3-4-15(14)26-11-16(23)24/h2-6,9,12H,7-8,10-11H2,1H3,(H,21,25)(H,23,24)/t12-/m0/s1. The molecule has 8 heteroatoms. The number of hydrogen-bond donors (Lipinski definition) is 2. The lowest BCUT2D eigenvalue weighted by Crippen LogP contribution is -2.53. The zero-order valence-corrected chi connectivity index (χ0v) is 14.4. The number of carboxylic acids is 1. The van der Waals surface area contributed by atoms with Gasteiger partial charge in [0.1, 0.15) is 5.75 Å². The molecule has 0 saturated carbocycles. The lowest BCUT2D eigenvalue weighted by atomic mass is 10.1. The maximum absolute atomic E-state index is 11.9. The highest BCUT2D eigenvalue weighted by atomic mass is 16.5. The van der Waals surface area contributed by atoms with Gasteiger partial charge in [0.2, 0.25) is 5.91 Å². The van der Waals surface area contributed by atoms with Gasteiger partial charge in [-0.1, -0.05) is 0 Å². The molecule has 1 aliphatic rings. The second kappa shape index (κ2) is 7.92. The Kier molecular flexibility index (Phi) is 5.43. The van der Waals surface area contributed by atoms with Crippen molar-refractivity contribution in [3.05, 3.63) is 42.2 Å². The molecule has 2 aromatic rings. The van der Waals surface area contributed by atoms with Gasteiger partial charge in [-0.05, 0) is 31.2 Å². The summed E-state index contributed by atoms with van der Waals surface area (Å²) in [5, 5.41) is 11.7. The second-order valence-corrected chi connectivity index (χ2v) is 6.01. The van der Waals surface area contributed by atoms with Crippen LogP contribution in [0.2, 0.25) is 0 Å². The summed E-state index contributed by atoms with van der Waals surface area (Å²) >= 11 is 0. The number of amides is 1. The fourth-order valence-electron chi connectivity index (χ4n) is 2.84. The molecule has 1 atom stereocenters. The Morgan fingerprint density at radius 2 is 2.15 bits per heavy atom. The third-order valence-corrected chi connectivity index (χ3v) is 4.23. The minimum absolute atomic E-state index is 0.0215. The molecule has 1 aromatic carbocycles. The Hall–Kier alpha value is -3.00. The van der Waals surface area contributed by atoms with Crippen LogP contribution >= 0.6 is 0 Å². The van der Waals surface area contributed by atoms with Crippen molar-refractivity contribution in [2.45, 2.75) is 19.5 Å². The minimum Gasteiger partial charge on any atom is -0.482 e. The third-order valence-electron chi connectivity index (χ3n) is 4.23. The molecule has 1 amide bonds. The first kappa shape index (κ1) is 17.8. The van der Waals surface area contributed by atoms with Gasteiger partial charge >= 0.3 is 5.97 Å². The van der Waals surface area contributed by atoms with Crippen LogP contribution in [0.1, 0.15) is 12.5 Å². The fraction of sp³-hybridized carbons (Fsp3) is 0.333. The number of benzene rings is 1. The summed E-state index contributed by atoms with van der Waals surface area (Å²) in [6.45, 7) is 3.16. The van der Waals surface area contributed by atoms with Crippen molar-refractivity contribution in [2.75, 3.05) is 19.7 Å². The highest BCUT2D eigenvalue weighted by Gasteiger charge is 2.26. The summed E-state index contributed by atoms with van der Waals surface area (Å²) in [5.41, 5.74) is 1.59. The number of piperazine rings is 1. The molecule has 0 radical (unpaired) electrons. The average Bonchev–Trinajstić information content (AvgIpc) is 2.65. The monoisotopic (exact) mass is 356 g/mol. The summed E-state index contributed by atoms with van der Waals surface area (Å²) in [6, 6.07) is 6.86. The van der Waals surface area contributed by atoms with Gasteiger partial charge in [0.05, 0.1) is 6.04 Å². The molecule has 0 spiro atoms. The number of nitrogens with zero attached hydrogens (tertiary/aromatic N) is 3. The topological polar surface area (TPSA) is 105 Å². The Balaban J connectivity index is 1.90.